The maximum atomic E-state index is 13.0. The van der Waals surface area contributed by atoms with E-state index >= 15 is 0 Å². The zero-order chi connectivity index (χ0) is 15.2. The van der Waals surface area contributed by atoms with Gasteiger partial charge in [-0.25, -0.2) is 4.39 Å². The first-order chi connectivity index (χ1) is 10.1. The van der Waals surface area contributed by atoms with Gasteiger partial charge in [-0.15, -0.1) is 0 Å². The van der Waals surface area contributed by atoms with Gasteiger partial charge < -0.3 is 10.6 Å². The highest BCUT2D eigenvalue weighted by molar-refractivity contribution is 5.94. The van der Waals surface area contributed by atoms with Gasteiger partial charge in [0.15, 0.2) is 0 Å². The number of nitrogens with one attached hydrogen (secondary N) is 2. The van der Waals surface area contributed by atoms with Crippen molar-refractivity contribution in [3.63, 3.8) is 0 Å². The quantitative estimate of drug-likeness (QED) is 0.904. The average molecular weight is 286 g/mol. The molecule has 4 nitrogen and oxygen atoms in total. The van der Waals surface area contributed by atoms with Gasteiger partial charge in [-0.3, -0.25) is 9.59 Å². The van der Waals surface area contributed by atoms with Gasteiger partial charge in [-0.1, -0.05) is 18.2 Å². The van der Waals surface area contributed by atoms with E-state index in [2.05, 4.69) is 10.6 Å². The van der Waals surface area contributed by atoms with Crippen LogP contribution in [-0.4, -0.2) is 18.9 Å². The van der Waals surface area contributed by atoms with E-state index in [0.717, 1.165) is 5.56 Å². The molecule has 2 N–H and O–H groups in total. The first kappa shape index (κ1) is 14.7. The highest BCUT2D eigenvalue weighted by atomic mass is 19.1. The molecule has 0 saturated carbocycles. The Bertz CT molecular complexity index is 654. The van der Waals surface area contributed by atoms with Gasteiger partial charge in [-0.05, 0) is 35.9 Å². The van der Waals surface area contributed by atoms with Crippen molar-refractivity contribution >= 4 is 11.8 Å². The zero-order valence-corrected chi connectivity index (χ0v) is 11.5. The number of carbonyl (C=O) groups is 2. The molecule has 0 aliphatic carbocycles. The third-order valence-corrected chi connectivity index (χ3v) is 2.98. The molecule has 0 heterocycles. The molecule has 0 bridgehead atoms. The van der Waals surface area contributed by atoms with Crippen molar-refractivity contribution in [2.45, 2.75) is 6.54 Å². The molecule has 0 spiro atoms. The summed E-state index contributed by atoms with van der Waals surface area (Å²) in [6, 6.07) is 12.4. The fourth-order valence-corrected chi connectivity index (χ4v) is 1.83. The van der Waals surface area contributed by atoms with E-state index in [1.54, 1.807) is 37.4 Å². The Morgan fingerprint density at radius 3 is 2.33 bits per heavy atom. The molecule has 0 aliphatic rings. The van der Waals surface area contributed by atoms with Crippen molar-refractivity contribution in [3.8, 4) is 0 Å². The molecule has 0 aromatic heterocycles. The summed E-state index contributed by atoms with van der Waals surface area (Å²) in [4.78, 5) is 23.2. The van der Waals surface area contributed by atoms with Crippen LogP contribution in [0.4, 0.5) is 4.39 Å². The van der Waals surface area contributed by atoms with Crippen LogP contribution in [-0.2, 0) is 6.54 Å². The molecular formula is C16H15FN2O2. The fraction of sp³-hybridized carbons (Fsp3) is 0.125. The summed E-state index contributed by atoms with van der Waals surface area (Å²) in [5.41, 5.74) is 1.68. The third kappa shape index (κ3) is 3.89. The van der Waals surface area contributed by atoms with Crippen LogP contribution in [0.2, 0.25) is 0 Å². The Morgan fingerprint density at radius 1 is 1.00 bits per heavy atom. The van der Waals surface area contributed by atoms with Crippen LogP contribution < -0.4 is 10.6 Å². The molecule has 0 aliphatic heterocycles. The van der Waals surface area contributed by atoms with Crippen molar-refractivity contribution in [1.29, 1.82) is 0 Å². The average Bonchev–Trinajstić information content (AvgIpc) is 2.52. The largest absolute Gasteiger partial charge is 0.355 e. The molecule has 2 amide bonds. The molecule has 0 radical (unpaired) electrons. The smallest absolute Gasteiger partial charge is 0.251 e. The summed E-state index contributed by atoms with van der Waals surface area (Å²) >= 11 is 0. The molecule has 5 heteroatoms. The van der Waals surface area contributed by atoms with Gasteiger partial charge in [0.05, 0.1) is 0 Å². The lowest BCUT2D eigenvalue weighted by Gasteiger charge is -2.06. The molecule has 0 fully saturated rings. The van der Waals surface area contributed by atoms with Gasteiger partial charge >= 0.3 is 0 Å². The predicted octanol–water partition coefficient (Wildman–Crippen LogP) is 2.12. The third-order valence-electron chi connectivity index (χ3n) is 2.98. The van der Waals surface area contributed by atoms with Crippen LogP contribution in [0.5, 0.6) is 0 Å². The molecule has 0 saturated heterocycles. The Hall–Kier alpha value is -2.69. The minimum absolute atomic E-state index is 0.162. The van der Waals surface area contributed by atoms with E-state index in [4.69, 9.17) is 0 Å². The fourth-order valence-electron chi connectivity index (χ4n) is 1.83. The van der Waals surface area contributed by atoms with Gasteiger partial charge in [0.25, 0.3) is 11.8 Å². The summed E-state index contributed by atoms with van der Waals surface area (Å²) < 4.78 is 13.0. The second-order valence-corrected chi connectivity index (χ2v) is 4.47. The lowest BCUT2D eigenvalue weighted by atomic mass is 10.1. The normalized spacial score (nSPS) is 10.0. The standard InChI is InChI=1S/C16H15FN2O2/c1-18-15(20)12-7-5-11(6-8-12)10-19-16(21)13-3-2-4-14(17)9-13/h2-9H,10H2,1H3,(H,18,20)(H,19,21). The second kappa shape index (κ2) is 6.65. The van der Waals surface area contributed by atoms with Crippen molar-refractivity contribution in [2.75, 3.05) is 7.05 Å². The SMILES string of the molecule is CNC(=O)c1ccc(CNC(=O)c2cccc(F)c2)cc1. The Balaban J connectivity index is 1.97. The van der Waals surface area contributed by atoms with Crippen molar-refractivity contribution in [3.05, 3.63) is 71.0 Å². The van der Waals surface area contributed by atoms with E-state index in [1.165, 1.54) is 18.2 Å². The summed E-state index contributed by atoms with van der Waals surface area (Å²) in [7, 11) is 1.56. The van der Waals surface area contributed by atoms with Crippen LogP contribution >= 0.6 is 0 Å². The Labute approximate surface area is 122 Å². The number of amides is 2. The number of hydrogen-bond acceptors (Lipinski definition) is 2. The number of benzene rings is 2. The monoisotopic (exact) mass is 286 g/mol. The van der Waals surface area contributed by atoms with Gasteiger partial charge in [0.2, 0.25) is 0 Å². The van der Waals surface area contributed by atoms with E-state index in [9.17, 15) is 14.0 Å². The van der Waals surface area contributed by atoms with Crippen LogP contribution in [0.25, 0.3) is 0 Å². The Kier molecular flexibility index (Phi) is 4.66. The topological polar surface area (TPSA) is 58.2 Å². The van der Waals surface area contributed by atoms with E-state index in [0.29, 0.717) is 12.1 Å². The molecule has 2 aromatic carbocycles. The maximum Gasteiger partial charge on any atom is 0.251 e. The number of hydrogen-bond donors (Lipinski definition) is 2. The maximum absolute atomic E-state index is 13.0. The molecular weight excluding hydrogens is 271 g/mol. The van der Waals surface area contributed by atoms with E-state index < -0.39 is 5.82 Å². The van der Waals surface area contributed by atoms with Crippen molar-refractivity contribution < 1.29 is 14.0 Å². The lowest BCUT2D eigenvalue weighted by Crippen LogP contribution is -2.23. The lowest BCUT2D eigenvalue weighted by molar-refractivity contribution is 0.0945. The van der Waals surface area contributed by atoms with Crippen LogP contribution in [0.3, 0.4) is 0 Å². The van der Waals surface area contributed by atoms with E-state index in [1.807, 2.05) is 0 Å². The molecule has 0 atom stereocenters. The van der Waals surface area contributed by atoms with Crippen molar-refractivity contribution in [2.24, 2.45) is 0 Å². The number of rotatable bonds is 4. The number of carbonyl (C=O) groups excluding carboxylic acids is 2. The van der Waals surface area contributed by atoms with Gasteiger partial charge in [0, 0.05) is 24.7 Å². The molecule has 21 heavy (non-hydrogen) atoms. The summed E-state index contributed by atoms with van der Waals surface area (Å²) in [5, 5.41) is 5.23. The summed E-state index contributed by atoms with van der Waals surface area (Å²) in [6.45, 7) is 0.309. The van der Waals surface area contributed by atoms with Crippen LogP contribution in [0.15, 0.2) is 48.5 Å². The minimum atomic E-state index is -0.447. The highest BCUT2D eigenvalue weighted by Gasteiger charge is 2.07. The molecule has 2 aromatic rings. The van der Waals surface area contributed by atoms with Gasteiger partial charge in [-0.2, -0.15) is 0 Å². The zero-order valence-electron chi connectivity index (χ0n) is 11.5. The molecule has 0 unspecified atom stereocenters. The first-order valence-electron chi connectivity index (χ1n) is 6.45. The second-order valence-electron chi connectivity index (χ2n) is 4.47. The van der Waals surface area contributed by atoms with Crippen LogP contribution in [0, 0.1) is 5.82 Å². The minimum Gasteiger partial charge on any atom is -0.355 e. The van der Waals surface area contributed by atoms with Crippen LogP contribution in [0.1, 0.15) is 26.3 Å². The predicted molar refractivity (Wildman–Crippen MR) is 77.4 cm³/mol. The molecule has 2 rings (SSSR count). The summed E-state index contributed by atoms with van der Waals surface area (Å²) in [6.07, 6.45) is 0. The van der Waals surface area contributed by atoms with E-state index in [-0.39, 0.29) is 17.4 Å². The Morgan fingerprint density at radius 2 is 1.71 bits per heavy atom. The van der Waals surface area contributed by atoms with Gasteiger partial charge in [0.1, 0.15) is 5.82 Å². The molecule has 108 valence electrons. The highest BCUT2D eigenvalue weighted by Crippen LogP contribution is 2.06. The first-order valence-corrected chi connectivity index (χ1v) is 6.45. The summed E-state index contributed by atoms with van der Waals surface area (Å²) in [5.74, 6) is -0.951. The van der Waals surface area contributed by atoms with Crippen molar-refractivity contribution in [1.82, 2.24) is 10.6 Å². The number of halogens is 1.